The molecule has 1 aromatic rings. The van der Waals surface area contributed by atoms with Crippen LogP contribution >= 0.6 is 0 Å². The van der Waals surface area contributed by atoms with Gasteiger partial charge in [0.25, 0.3) is 0 Å². The van der Waals surface area contributed by atoms with E-state index < -0.39 is 152 Å². The lowest BCUT2D eigenvalue weighted by molar-refractivity contribution is -0.147. The highest BCUT2D eigenvalue weighted by Gasteiger charge is 2.36. The van der Waals surface area contributed by atoms with Crippen LogP contribution in [0.3, 0.4) is 0 Å². The molecular weight excluding hydrogens is 778 g/mol. The van der Waals surface area contributed by atoms with Crippen LogP contribution in [0, 0.1) is 0 Å². The number of nitrogens with one attached hydrogen (secondary N) is 6. The minimum absolute atomic E-state index is 0.351. The van der Waals surface area contributed by atoms with Gasteiger partial charge in [0.1, 0.15) is 36.3 Å². The van der Waals surface area contributed by atoms with Crippen molar-refractivity contribution in [1.82, 2.24) is 31.9 Å². The molecule has 0 aliphatic carbocycles. The minimum atomic E-state index is -2.05. The number of rotatable bonds is 26. The highest BCUT2D eigenvalue weighted by atomic mass is 16.4. The van der Waals surface area contributed by atoms with E-state index in [1.54, 1.807) is 18.2 Å². The van der Waals surface area contributed by atoms with Crippen LogP contribution in [0.25, 0.3) is 0 Å². The lowest BCUT2D eigenvalue weighted by Crippen LogP contribution is -2.62. The van der Waals surface area contributed by atoms with Crippen molar-refractivity contribution in [2.24, 2.45) is 5.73 Å². The number of carboxylic acid groups (broad SMARTS) is 5. The Kier molecular flexibility index (Phi) is 20.5. The predicted octanol–water partition coefficient (Wildman–Crippen LogP) is -4.37. The van der Waals surface area contributed by atoms with Crippen molar-refractivity contribution < 1.29 is 83.4 Å². The van der Waals surface area contributed by atoms with Crippen LogP contribution in [-0.2, 0) is 59.2 Å². The molecule has 6 amide bonds. The Morgan fingerprint density at radius 1 is 0.517 bits per heavy atom. The first-order chi connectivity index (χ1) is 27.0. The van der Waals surface area contributed by atoms with Gasteiger partial charge >= 0.3 is 29.8 Å². The van der Waals surface area contributed by atoms with Crippen LogP contribution in [0.15, 0.2) is 30.3 Å². The molecule has 0 radical (unpaired) electrons. The van der Waals surface area contributed by atoms with Gasteiger partial charge in [0, 0.05) is 19.3 Å². The average Bonchev–Trinajstić information content (AvgIpc) is 3.12. The molecule has 0 aliphatic heterocycles. The number of hydrogen-bond acceptors (Lipinski definition) is 13. The summed E-state index contributed by atoms with van der Waals surface area (Å²) in [6.45, 7) is 2.36. The highest BCUT2D eigenvalue weighted by Crippen LogP contribution is 2.09. The standard InChI is InChI=1S/C34H47N7O17/c1-15(35)28(51)36-19(9-11-24(45)46)30(53)41-27(16(2)42)33(56)39-20(12-17-6-4-3-5-7-17)31(54)38-21(13-25(47)48)32(55)37-18(8-10-23(43)44)29(52)40-22(34(57)58)14-26(49)50/h3-7,15-16,18-22,27,42H,8-14,35H2,1-2H3,(H,36,51)(H,37,55)(H,38,54)(H,39,56)(H,40,52)(H,41,53)(H,43,44)(H,45,46)(H,47,48)(H,49,50)(H,57,58)/t15-,16+,18-,19-,20-,21-,22-,27-/m0/s1. The molecule has 0 fully saturated rings. The second kappa shape index (κ2) is 24.1. The molecule has 58 heavy (non-hydrogen) atoms. The number of aliphatic carboxylic acids is 5. The summed E-state index contributed by atoms with van der Waals surface area (Å²) in [6.07, 6.45) is -6.87. The Balaban J connectivity index is 3.46. The number of carboxylic acids is 5. The lowest BCUT2D eigenvalue weighted by atomic mass is 10.0. The van der Waals surface area contributed by atoms with Gasteiger partial charge in [0.15, 0.2) is 0 Å². The number of nitrogens with two attached hydrogens (primary N) is 1. The van der Waals surface area contributed by atoms with E-state index >= 15 is 0 Å². The summed E-state index contributed by atoms with van der Waals surface area (Å²) in [4.78, 5) is 136. The second-order valence-electron chi connectivity index (χ2n) is 12.9. The van der Waals surface area contributed by atoms with Crippen LogP contribution < -0.4 is 37.6 Å². The molecule has 0 aliphatic rings. The maximum atomic E-state index is 13.8. The first-order valence-corrected chi connectivity index (χ1v) is 17.4. The van der Waals surface area contributed by atoms with Crippen LogP contribution in [0.4, 0.5) is 0 Å². The van der Waals surface area contributed by atoms with E-state index in [-0.39, 0.29) is 6.42 Å². The third kappa shape index (κ3) is 18.3. The molecule has 0 unspecified atom stereocenters. The molecule has 0 spiro atoms. The fraction of sp³-hybridized carbons (Fsp3) is 0.500. The van der Waals surface area contributed by atoms with E-state index in [9.17, 15) is 68.1 Å². The minimum Gasteiger partial charge on any atom is -0.481 e. The Morgan fingerprint density at radius 3 is 1.36 bits per heavy atom. The maximum Gasteiger partial charge on any atom is 0.326 e. The van der Waals surface area contributed by atoms with Crippen LogP contribution in [0.1, 0.15) is 57.9 Å². The Labute approximate surface area is 329 Å². The normalized spacial score (nSPS) is 14.9. The van der Waals surface area contributed by atoms with E-state index in [0.29, 0.717) is 5.56 Å². The van der Waals surface area contributed by atoms with Crippen molar-refractivity contribution in [1.29, 1.82) is 0 Å². The number of carbonyl (C=O) groups is 11. The number of carbonyl (C=O) groups excluding carboxylic acids is 6. The lowest BCUT2D eigenvalue weighted by Gasteiger charge is -2.28. The highest BCUT2D eigenvalue weighted by molar-refractivity contribution is 5.98. The van der Waals surface area contributed by atoms with Crippen molar-refractivity contribution in [2.45, 2.75) is 107 Å². The van der Waals surface area contributed by atoms with Crippen molar-refractivity contribution >= 4 is 65.3 Å². The van der Waals surface area contributed by atoms with Crippen LogP contribution in [0.2, 0.25) is 0 Å². The molecule has 0 aromatic heterocycles. The number of amides is 6. The molecule has 1 aromatic carbocycles. The smallest absolute Gasteiger partial charge is 0.326 e. The zero-order chi connectivity index (χ0) is 44.3. The van der Waals surface area contributed by atoms with Gasteiger partial charge in [-0.15, -0.1) is 0 Å². The van der Waals surface area contributed by atoms with Gasteiger partial charge in [-0.3, -0.25) is 47.9 Å². The van der Waals surface area contributed by atoms with Gasteiger partial charge in [-0.25, -0.2) is 4.79 Å². The first kappa shape index (κ1) is 49.3. The van der Waals surface area contributed by atoms with Gasteiger partial charge < -0.3 is 68.3 Å². The number of benzene rings is 1. The van der Waals surface area contributed by atoms with Gasteiger partial charge in [0.2, 0.25) is 35.4 Å². The third-order valence-electron chi connectivity index (χ3n) is 7.96. The first-order valence-electron chi connectivity index (χ1n) is 17.4. The molecule has 24 heteroatoms. The van der Waals surface area contributed by atoms with Crippen molar-refractivity contribution in [3.05, 3.63) is 35.9 Å². The number of hydrogen-bond donors (Lipinski definition) is 13. The topological polar surface area (TPSA) is 407 Å². The van der Waals surface area contributed by atoms with Crippen molar-refractivity contribution in [3.8, 4) is 0 Å². The quantitative estimate of drug-likeness (QED) is 0.0419. The molecule has 14 N–H and O–H groups in total. The Morgan fingerprint density at radius 2 is 0.914 bits per heavy atom. The molecule has 1 rings (SSSR count). The Hall–Kier alpha value is -6.69. The second-order valence-corrected chi connectivity index (χ2v) is 12.9. The summed E-state index contributed by atoms with van der Waals surface area (Å²) in [6, 6.07) is -4.40. The fourth-order valence-corrected chi connectivity index (χ4v) is 4.93. The summed E-state index contributed by atoms with van der Waals surface area (Å²) in [5, 5.41) is 69.3. The maximum absolute atomic E-state index is 13.8. The number of aliphatic hydroxyl groups excluding tert-OH is 1. The van der Waals surface area contributed by atoms with Crippen LogP contribution in [0.5, 0.6) is 0 Å². The van der Waals surface area contributed by atoms with Gasteiger partial charge in [-0.1, -0.05) is 30.3 Å². The van der Waals surface area contributed by atoms with E-state index in [2.05, 4.69) is 21.3 Å². The predicted molar refractivity (Wildman–Crippen MR) is 193 cm³/mol. The van der Waals surface area contributed by atoms with Gasteiger partial charge in [0.05, 0.1) is 25.0 Å². The van der Waals surface area contributed by atoms with Crippen molar-refractivity contribution in [3.63, 3.8) is 0 Å². The van der Waals surface area contributed by atoms with E-state index in [1.807, 2.05) is 10.6 Å². The SMILES string of the molecule is C[C@H](N)C(=O)N[C@@H](CCC(=O)O)C(=O)N[C@H](C(=O)N[C@@H](Cc1ccccc1)C(=O)N[C@@H](CC(=O)O)C(=O)N[C@@H](CCC(=O)O)C(=O)N[C@@H](CC(=O)O)C(=O)O)[C@@H](C)O. The molecule has 8 atom stereocenters. The van der Waals surface area contributed by atoms with E-state index in [0.717, 1.165) is 6.92 Å². The molecule has 0 saturated heterocycles. The monoisotopic (exact) mass is 825 g/mol. The summed E-state index contributed by atoms with van der Waals surface area (Å²) in [5.74, 6) is -15.0. The fourth-order valence-electron chi connectivity index (χ4n) is 4.93. The summed E-state index contributed by atoms with van der Waals surface area (Å²) in [7, 11) is 0. The molecule has 24 nitrogen and oxygen atoms in total. The van der Waals surface area contributed by atoms with Gasteiger partial charge in [-0.05, 0) is 32.3 Å². The van der Waals surface area contributed by atoms with Crippen molar-refractivity contribution in [2.75, 3.05) is 0 Å². The zero-order valence-corrected chi connectivity index (χ0v) is 31.2. The Bertz CT molecular complexity index is 1690. The summed E-state index contributed by atoms with van der Waals surface area (Å²) in [5.41, 5.74) is 5.93. The molecule has 0 bridgehead atoms. The summed E-state index contributed by atoms with van der Waals surface area (Å²) < 4.78 is 0. The molecule has 0 heterocycles. The molecule has 320 valence electrons. The number of aliphatic hydroxyl groups is 1. The van der Waals surface area contributed by atoms with E-state index in [1.165, 1.54) is 19.1 Å². The van der Waals surface area contributed by atoms with Crippen LogP contribution in [-0.4, -0.2) is 144 Å². The average molecular weight is 826 g/mol. The largest absolute Gasteiger partial charge is 0.481 e. The van der Waals surface area contributed by atoms with Gasteiger partial charge in [-0.2, -0.15) is 0 Å². The zero-order valence-electron chi connectivity index (χ0n) is 31.2. The van der Waals surface area contributed by atoms with E-state index in [4.69, 9.17) is 21.1 Å². The summed E-state index contributed by atoms with van der Waals surface area (Å²) >= 11 is 0. The molecule has 0 saturated carbocycles. The molecular formula is C34H47N7O17. The third-order valence-corrected chi connectivity index (χ3v) is 7.96.